The second-order valence-corrected chi connectivity index (χ2v) is 3.49. The van der Waals surface area contributed by atoms with Gasteiger partial charge in [-0.25, -0.2) is 0 Å². The average molecular weight is 210 g/mol. The van der Waals surface area contributed by atoms with Crippen LogP contribution in [0.5, 0.6) is 0 Å². The van der Waals surface area contributed by atoms with Gasteiger partial charge in [-0.15, -0.1) is 0 Å². The van der Waals surface area contributed by atoms with Gasteiger partial charge < -0.3 is 5.11 Å². The fourth-order valence-electron chi connectivity index (χ4n) is 1.10. The van der Waals surface area contributed by atoms with Crippen molar-refractivity contribution in [2.45, 2.75) is 0 Å². The van der Waals surface area contributed by atoms with Crippen LogP contribution in [0.2, 0.25) is 0 Å². The van der Waals surface area contributed by atoms with Crippen LogP contribution >= 0.6 is 23.2 Å². The fraction of sp³-hybridized carbons (Fsp3) is 0.571. The molecule has 3 nitrogen and oxygen atoms in total. The minimum Gasteiger partial charge on any atom is -0.481 e. The third-order valence-corrected chi connectivity index (χ3v) is 2.40. The van der Waals surface area contributed by atoms with Crippen molar-refractivity contribution in [1.82, 2.24) is 4.90 Å². The molecule has 0 saturated carbocycles. The Morgan fingerprint density at radius 1 is 1.67 bits per heavy atom. The lowest BCUT2D eigenvalue weighted by molar-refractivity contribution is -0.147. The maximum Gasteiger partial charge on any atom is 0.309 e. The summed E-state index contributed by atoms with van der Waals surface area (Å²) in [5.74, 6) is -0.970. The number of carboxylic acids is 1. The Morgan fingerprint density at radius 3 is 2.67 bits per heavy atom. The number of aliphatic carboxylic acids is 1. The number of nitrogens with zero attached hydrogens (tertiary/aromatic N) is 1. The van der Waals surface area contributed by atoms with Crippen LogP contribution in [0.15, 0.2) is 10.6 Å². The molecule has 1 heterocycles. The number of halogens is 2. The van der Waals surface area contributed by atoms with Gasteiger partial charge in [0.05, 0.1) is 5.92 Å². The van der Waals surface area contributed by atoms with E-state index in [4.69, 9.17) is 28.3 Å². The molecule has 0 aliphatic carbocycles. The molecule has 0 unspecified atom stereocenters. The molecule has 1 saturated heterocycles. The van der Waals surface area contributed by atoms with Crippen LogP contribution < -0.4 is 0 Å². The standard InChI is InChI=1S/C7H9Cl2NO2/c8-1-6(9)4-10-2-5(3-10)7(11)12/h1,5H,2-4H2,(H,11,12). The lowest BCUT2D eigenvalue weighted by Gasteiger charge is -2.36. The minimum atomic E-state index is -0.739. The summed E-state index contributed by atoms with van der Waals surface area (Å²) in [6.45, 7) is 1.68. The number of carbonyl (C=O) groups is 1. The number of hydrogen-bond acceptors (Lipinski definition) is 2. The second-order valence-electron chi connectivity index (χ2n) is 2.79. The summed E-state index contributed by atoms with van der Waals surface area (Å²) in [5, 5.41) is 9.08. The summed E-state index contributed by atoms with van der Waals surface area (Å²) in [5.41, 5.74) is 1.30. The van der Waals surface area contributed by atoms with Crippen LogP contribution in [-0.4, -0.2) is 35.6 Å². The van der Waals surface area contributed by atoms with E-state index in [0.29, 0.717) is 24.7 Å². The number of likely N-dealkylation sites (tertiary alicyclic amines) is 1. The number of rotatable bonds is 3. The van der Waals surface area contributed by atoms with E-state index >= 15 is 0 Å². The third-order valence-electron chi connectivity index (χ3n) is 1.80. The highest BCUT2D eigenvalue weighted by Crippen LogP contribution is 2.18. The molecule has 1 aliphatic heterocycles. The number of hydrogen-bond donors (Lipinski definition) is 1. The third kappa shape index (κ3) is 2.37. The van der Waals surface area contributed by atoms with Crippen molar-refractivity contribution in [2.24, 2.45) is 5.92 Å². The van der Waals surface area contributed by atoms with Crippen LogP contribution in [-0.2, 0) is 4.79 Å². The highest BCUT2D eigenvalue weighted by molar-refractivity contribution is 6.36. The molecule has 0 radical (unpaired) electrons. The molecule has 68 valence electrons. The molecule has 1 fully saturated rings. The molecule has 1 aliphatic rings. The summed E-state index contributed by atoms with van der Waals surface area (Å²) in [6, 6.07) is 0. The van der Waals surface area contributed by atoms with Crippen molar-refractivity contribution in [3.63, 3.8) is 0 Å². The molecule has 0 aromatic carbocycles. The van der Waals surface area contributed by atoms with Crippen LogP contribution in [0.4, 0.5) is 0 Å². The zero-order chi connectivity index (χ0) is 9.14. The fourth-order valence-corrected chi connectivity index (χ4v) is 1.34. The first-order valence-corrected chi connectivity index (χ1v) is 4.35. The van der Waals surface area contributed by atoms with Gasteiger partial charge in [-0.05, 0) is 0 Å². The van der Waals surface area contributed by atoms with Crippen LogP contribution in [0.1, 0.15) is 0 Å². The van der Waals surface area contributed by atoms with Gasteiger partial charge in [0, 0.05) is 30.2 Å². The molecule has 12 heavy (non-hydrogen) atoms. The van der Waals surface area contributed by atoms with Gasteiger partial charge in [0.1, 0.15) is 0 Å². The summed E-state index contributed by atoms with van der Waals surface area (Å²) in [4.78, 5) is 12.3. The second kappa shape index (κ2) is 4.12. The zero-order valence-electron chi connectivity index (χ0n) is 6.33. The monoisotopic (exact) mass is 209 g/mol. The first-order valence-electron chi connectivity index (χ1n) is 3.53. The Labute approximate surface area is 80.6 Å². The molecule has 1 N–H and O–H groups in total. The highest BCUT2D eigenvalue weighted by Gasteiger charge is 2.32. The molecule has 0 atom stereocenters. The van der Waals surface area contributed by atoms with Gasteiger partial charge in [-0.3, -0.25) is 9.69 Å². The van der Waals surface area contributed by atoms with Crippen molar-refractivity contribution in [1.29, 1.82) is 0 Å². The van der Waals surface area contributed by atoms with Gasteiger partial charge in [0.15, 0.2) is 0 Å². The Balaban J connectivity index is 2.22. The topological polar surface area (TPSA) is 40.5 Å². The van der Waals surface area contributed by atoms with Crippen LogP contribution in [0, 0.1) is 5.92 Å². The number of carboxylic acid groups (broad SMARTS) is 1. The molecule has 0 aromatic rings. The van der Waals surface area contributed by atoms with Crippen molar-refractivity contribution in [3.05, 3.63) is 10.6 Å². The Hall–Kier alpha value is -0.250. The maximum atomic E-state index is 10.4. The minimum absolute atomic E-state index is 0.232. The van der Waals surface area contributed by atoms with Crippen molar-refractivity contribution in [2.75, 3.05) is 19.6 Å². The lowest BCUT2D eigenvalue weighted by atomic mass is 10.0. The summed E-state index contributed by atoms with van der Waals surface area (Å²) < 4.78 is 0. The van der Waals surface area contributed by atoms with E-state index in [1.54, 1.807) is 0 Å². The molecule has 1 rings (SSSR count). The van der Waals surface area contributed by atoms with Crippen LogP contribution in [0.3, 0.4) is 0 Å². The van der Waals surface area contributed by atoms with Gasteiger partial charge >= 0.3 is 5.97 Å². The van der Waals surface area contributed by atoms with E-state index in [1.165, 1.54) is 5.54 Å². The lowest BCUT2D eigenvalue weighted by Crippen LogP contribution is -2.50. The molecule has 0 amide bonds. The Bertz CT molecular complexity index is 211. The van der Waals surface area contributed by atoms with Gasteiger partial charge in [-0.1, -0.05) is 23.2 Å². The molecule has 0 spiro atoms. The van der Waals surface area contributed by atoms with Gasteiger partial charge in [0.2, 0.25) is 0 Å². The predicted molar refractivity (Wildman–Crippen MR) is 47.4 cm³/mol. The highest BCUT2D eigenvalue weighted by atomic mass is 35.5. The molecule has 0 bridgehead atoms. The van der Waals surface area contributed by atoms with Gasteiger partial charge in [-0.2, -0.15) is 0 Å². The summed E-state index contributed by atoms with van der Waals surface area (Å²) in [7, 11) is 0. The summed E-state index contributed by atoms with van der Waals surface area (Å²) in [6.07, 6.45) is 0. The van der Waals surface area contributed by atoms with Crippen molar-refractivity contribution in [3.8, 4) is 0 Å². The van der Waals surface area contributed by atoms with E-state index in [-0.39, 0.29) is 5.92 Å². The largest absolute Gasteiger partial charge is 0.481 e. The molecule has 0 aromatic heterocycles. The Kier molecular flexibility index (Phi) is 3.38. The first-order chi connectivity index (χ1) is 5.63. The van der Waals surface area contributed by atoms with Crippen LogP contribution in [0.25, 0.3) is 0 Å². The quantitative estimate of drug-likeness (QED) is 0.763. The molecular weight excluding hydrogens is 201 g/mol. The van der Waals surface area contributed by atoms with Gasteiger partial charge in [0.25, 0.3) is 0 Å². The van der Waals surface area contributed by atoms with E-state index < -0.39 is 5.97 Å². The van der Waals surface area contributed by atoms with E-state index in [1.807, 2.05) is 4.90 Å². The van der Waals surface area contributed by atoms with Crippen molar-refractivity contribution < 1.29 is 9.90 Å². The molecular formula is C7H9Cl2NO2. The SMILES string of the molecule is O=C(O)C1CN(CC(Cl)=CCl)C1. The van der Waals surface area contributed by atoms with E-state index in [9.17, 15) is 4.79 Å². The Morgan fingerprint density at radius 2 is 2.25 bits per heavy atom. The summed E-state index contributed by atoms with van der Waals surface area (Å²) >= 11 is 11.0. The molecule has 5 heteroatoms. The maximum absolute atomic E-state index is 10.4. The van der Waals surface area contributed by atoms with Crippen molar-refractivity contribution >= 4 is 29.2 Å². The first kappa shape index (κ1) is 9.84. The van der Waals surface area contributed by atoms with E-state index in [0.717, 1.165) is 0 Å². The normalized spacial score (nSPS) is 20.7. The van der Waals surface area contributed by atoms with E-state index in [2.05, 4.69) is 0 Å². The predicted octanol–water partition coefficient (Wildman–Crippen LogP) is 1.32. The average Bonchev–Trinajstić information content (AvgIpc) is 1.94. The zero-order valence-corrected chi connectivity index (χ0v) is 7.85. The smallest absolute Gasteiger partial charge is 0.309 e.